The second-order valence-electron chi connectivity index (χ2n) is 6.93. The smallest absolute Gasteiger partial charge is 0.263 e. The van der Waals surface area contributed by atoms with Crippen molar-refractivity contribution < 1.29 is 4.79 Å². The molecule has 0 aliphatic carbocycles. The van der Waals surface area contributed by atoms with Crippen LogP contribution in [-0.4, -0.2) is 28.9 Å². The van der Waals surface area contributed by atoms with Crippen molar-refractivity contribution in [3.05, 3.63) is 40.4 Å². The van der Waals surface area contributed by atoms with E-state index in [0.29, 0.717) is 17.0 Å². The lowest BCUT2D eigenvalue weighted by atomic mass is 9.92. The maximum Gasteiger partial charge on any atom is 0.263 e. The maximum absolute atomic E-state index is 13.0. The SMILES string of the molecule is C[C@H]1C[C@H](C)CN(C(=O)c2cc3c(Cl)nc4ccccc4c3s2)C1. The molecule has 0 N–H and O–H groups in total. The highest BCUT2D eigenvalue weighted by molar-refractivity contribution is 7.21. The first kappa shape index (κ1) is 15.9. The van der Waals surface area contributed by atoms with Gasteiger partial charge >= 0.3 is 0 Å². The van der Waals surface area contributed by atoms with Gasteiger partial charge in [0, 0.05) is 28.6 Å². The van der Waals surface area contributed by atoms with Crippen LogP contribution in [0, 0.1) is 11.8 Å². The predicted octanol–water partition coefficient (Wildman–Crippen LogP) is 5.22. The van der Waals surface area contributed by atoms with Crippen LogP contribution < -0.4 is 0 Å². The van der Waals surface area contributed by atoms with E-state index in [1.807, 2.05) is 35.2 Å². The van der Waals surface area contributed by atoms with Crippen LogP contribution in [0.4, 0.5) is 0 Å². The third-order valence-corrected chi connectivity index (χ3v) is 6.13. The molecule has 1 aliphatic rings. The van der Waals surface area contributed by atoms with Crippen molar-refractivity contribution in [2.24, 2.45) is 11.8 Å². The zero-order chi connectivity index (χ0) is 16.8. The average molecular weight is 359 g/mol. The maximum atomic E-state index is 13.0. The van der Waals surface area contributed by atoms with Crippen LogP contribution in [0.25, 0.3) is 21.0 Å². The summed E-state index contributed by atoms with van der Waals surface area (Å²) < 4.78 is 1.05. The first-order chi connectivity index (χ1) is 11.5. The van der Waals surface area contributed by atoms with Gasteiger partial charge in [-0.1, -0.05) is 43.6 Å². The molecule has 1 saturated heterocycles. The number of piperidine rings is 1. The second kappa shape index (κ2) is 6.01. The number of fused-ring (bicyclic) bond motifs is 3. The van der Waals surface area contributed by atoms with Crippen LogP contribution in [-0.2, 0) is 0 Å². The van der Waals surface area contributed by atoms with Crippen molar-refractivity contribution in [3.63, 3.8) is 0 Å². The zero-order valence-corrected chi connectivity index (χ0v) is 15.3. The minimum Gasteiger partial charge on any atom is -0.337 e. The summed E-state index contributed by atoms with van der Waals surface area (Å²) in [6, 6.07) is 9.85. The molecule has 0 spiro atoms. The predicted molar refractivity (Wildman–Crippen MR) is 101 cm³/mol. The molecule has 3 nitrogen and oxygen atoms in total. The fourth-order valence-corrected chi connectivity index (χ4v) is 5.22. The minimum absolute atomic E-state index is 0.120. The topological polar surface area (TPSA) is 33.2 Å². The molecule has 2 atom stereocenters. The molecule has 2 aromatic heterocycles. The molecule has 1 amide bonds. The average Bonchev–Trinajstić information content (AvgIpc) is 2.99. The Kier molecular flexibility index (Phi) is 3.97. The number of para-hydroxylation sites is 1. The summed E-state index contributed by atoms with van der Waals surface area (Å²) in [5, 5.41) is 2.41. The lowest BCUT2D eigenvalue weighted by Crippen LogP contribution is -2.42. The van der Waals surface area contributed by atoms with Gasteiger partial charge in [0.1, 0.15) is 5.15 Å². The number of aromatic nitrogens is 1. The Morgan fingerprint density at radius 3 is 2.67 bits per heavy atom. The molecule has 1 aromatic carbocycles. The largest absolute Gasteiger partial charge is 0.337 e. The number of carbonyl (C=O) groups excluding carboxylic acids is 1. The number of amides is 1. The van der Waals surface area contributed by atoms with Crippen molar-refractivity contribution in [2.75, 3.05) is 13.1 Å². The quantitative estimate of drug-likeness (QED) is 0.558. The Balaban J connectivity index is 1.79. The normalized spacial score (nSPS) is 21.5. The van der Waals surface area contributed by atoms with Crippen LogP contribution in [0.15, 0.2) is 30.3 Å². The van der Waals surface area contributed by atoms with Crippen molar-refractivity contribution in [2.45, 2.75) is 20.3 Å². The number of pyridine rings is 1. The second-order valence-corrected chi connectivity index (χ2v) is 8.34. The molecular formula is C19H19ClN2OS. The minimum atomic E-state index is 0.120. The van der Waals surface area contributed by atoms with Crippen LogP contribution >= 0.6 is 22.9 Å². The van der Waals surface area contributed by atoms with Gasteiger partial charge in [0.25, 0.3) is 5.91 Å². The van der Waals surface area contributed by atoms with Crippen molar-refractivity contribution in [1.82, 2.24) is 9.88 Å². The van der Waals surface area contributed by atoms with Gasteiger partial charge in [-0.3, -0.25) is 4.79 Å². The number of halogens is 1. The van der Waals surface area contributed by atoms with E-state index in [1.165, 1.54) is 17.8 Å². The molecule has 5 heteroatoms. The molecule has 0 unspecified atom stereocenters. The van der Waals surface area contributed by atoms with Crippen LogP contribution in [0.3, 0.4) is 0 Å². The van der Waals surface area contributed by atoms with E-state index < -0.39 is 0 Å². The third kappa shape index (κ3) is 2.68. The Morgan fingerprint density at radius 1 is 1.21 bits per heavy atom. The molecular weight excluding hydrogens is 340 g/mol. The van der Waals surface area contributed by atoms with Gasteiger partial charge in [0.05, 0.1) is 10.4 Å². The number of nitrogens with zero attached hydrogens (tertiary/aromatic N) is 2. The van der Waals surface area contributed by atoms with Gasteiger partial charge in [-0.05, 0) is 30.4 Å². The summed E-state index contributed by atoms with van der Waals surface area (Å²) in [7, 11) is 0. The molecule has 3 aromatic rings. The van der Waals surface area contributed by atoms with Crippen LogP contribution in [0.2, 0.25) is 5.15 Å². The first-order valence-electron chi connectivity index (χ1n) is 8.30. The molecule has 0 saturated carbocycles. The Bertz CT molecular complexity index is 926. The first-order valence-corrected chi connectivity index (χ1v) is 9.49. The van der Waals surface area contributed by atoms with E-state index in [2.05, 4.69) is 18.8 Å². The summed E-state index contributed by atoms with van der Waals surface area (Å²) in [6.07, 6.45) is 1.19. The van der Waals surface area contributed by atoms with Gasteiger partial charge in [0.15, 0.2) is 0 Å². The van der Waals surface area contributed by atoms with E-state index in [9.17, 15) is 4.79 Å². The number of thiophene rings is 1. The highest BCUT2D eigenvalue weighted by Crippen LogP contribution is 2.36. The highest BCUT2D eigenvalue weighted by atomic mass is 35.5. The van der Waals surface area contributed by atoms with Gasteiger partial charge in [-0.2, -0.15) is 0 Å². The molecule has 0 bridgehead atoms. The summed E-state index contributed by atoms with van der Waals surface area (Å²) in [6.45, 7) is 6.11. The molecule has 3 heterocycles. The summed E-state index contributed by atoms with van der Waals surface area (Å²) in [4.78, 5) is 20.2. The molecule has 0 radical (unpaired) electrons. The Morgan fingerprint density at radius 2 is 1.92 bits per heavy atom. The van der Waals surface area contributed by atoms with E-state index in [1.54, 1.807) is 0 Å². The fraction of sp³-hybridized carbons (Fsp3) is 0.368. The number of benzene rings is 1. The molecule has 124 valence electrons. The zero-order valence-electron chi connectivity index (χ0n) is 13.8. The lowest BCUT2D eigenvalue weighted by molar-refractivity contribution is 0.0628. The fourth-order valence-electron chi connectivity index (χ4n) is 3.76. The lowest BCUT2D eigenvalue weighted by Gasteiger charge is -2.34. The Hall–Kier alpha value is -1.65. The third-order valence-electron chi connectivity index (χ3n) is 4.69. The van der Waals surface area contributed by atoms with Crippen molar-refractivity contribution in [1.29, 1.82) is 0 Å². The molecule has 1 fully saturated rings. The van der Waals surface area contributed by atoms with Crippen molar-refractivity contribution >= 4 is 49.8 Å². The van der Waals surface area contributed by atoms with E-state index >= 15 is 0 Å². The van der Waals surface area contributed by atoms with Crippen LogP contribution in [0.5, 0.6) is 0 Å². The monoisotopic (exact) mass is 358 g/mol. The summed E-state index contributed by atoms with van der Waals surface area (Å²) in [5.74, 6) is 1.23. The number of likely N-dealkylation sites (tertiary alicyclic amines) is 1. The van der Waals surface area contributed by atoms with Gasteiger partial charge in [-0.25, -0.2) is 4.98 Å². The standard InChI is InChI=1S/C19H19ClN2OS/c1-11-7-12(2)10-22(9-11)19(23)16-8-14-17(24-16)13-5-3-4-6-15(13)21-18(14)20/h3-6,8,11-12H,7,9-10H2,1-2H3/t11-,12-/m0/s1. The van der Waals surface area contributed by atoms with Crippen molar-refractivity contribution in [3.8, 4) is 0 Å². The summed E-state index contributed by atoms with van der Waals surface area (Å²) in [5.41, 5.74) is 0.871. The number of rotatable bonds is 1. The molecule has 24 heavy (non-hydrogen) atoms. The summed E-state index contributed by atoms with van der Waals surface area (Å²) >= 11 is 7.89. The number of hydrogen-bond acceptors (Lipinski definition) is 3. The van der Waals surface area contributed by atoms with Gasteiger partial charge < -0.3 is 4.90 Å². The number of hydrogen-bond donors (Lipinski definition) is 0. The molecule has 1 aliphatic heterocycles. The van der Waals surface area contributed by atoms with E-state index in [0.717, 1.165) is 39.0 Å². The van der Waals surface area contributed by atoms with Gasteiger partial charge in [0.2, 0.25) is 0 Å². The number of carbonyl (C=O) groups is 1. The highest BCUT2D eigenvalue weighted by Gasteiger charge is 2.27. The van der Waals surface area contributed by atoms with Crippen LogP contribution in [0.1, 0.15) is 29.9 Å². The van der Waals surface area contributed by atoms with Gasteiger partial charge in [-0.15, -0.1) is 11.3 Å². The van der Waals surface area contributed by atoms with E-state index in [-0.39, 0.29) is 5.91 Å². The van der Waals surface area contributed by atoms with E-state index in [4.69, 9.17) is 11.6 Å². The molecule has 4 rings (SSSR count). The Labute approximate surface area is 150 Å².